The summed E-state index contributed by atoms with van der Waals surface area (Å²) < 4.78 is 0. The summed E-state index contributed by atoms with van der Waals surface area (Å²) in [7, 11) is 0. The van der Waals surface area contributed by atoms with Crippen molar-refractivity contribution in [2.75, 3.05) is 18.0 Å². The monoisotopic (exact) mass is 299 g/mol. The standard InChI is InChI=1S/C16H17N3OS/c20-16(18-17-12-15-4-3-11-21-15)13-5-7-14(8-6-13)19-9-1-2-10-19/h3-8,11-12H,1-2,9-10H2,(H,18,20)/b17-12-. The van der Waals surface area contributed by atoms with Crippen LogP contribution in [0.3, 0.4) is 0 Å². The van der Waals surface area contributed by atoms with Crippen LogP contribution in [-0.2, 0) is 0 Å². The lowest BCUT2D eigenvalue weighted by Crippen LogP contribution is -2.19. The highest BCUT2D eigenvalue weighted by atomic mass is 32.1. The van der Waals surface area contributed by atoms with Crippen LogP contribution < -0.4 is 10.3 Å². The number of carbonyl (C=O) groups is 1. The van der Waals surface area contributed by atoms with E-state index in [1.54, 1.807) is 17.6 Å². The van der Waals surface area contributed by atoms with Crippen molar-refractivity contribution in [2.24, 2.45) is 5.10 Å². The molecule has 0 radical (unpaired) electrons. The average Bonchev–Trinajstić information content (AvgIpc) is 3.21. The maximum absolute atomic E-state index is 12.0. The molecule has 1 saturated heterocycles. The van der Waals surface area contributed by atoms with Crippen molar-refractivity contribution in [2.45, 2.75) is 12.8 Å². The summed E-state index contributed by atoms with van der Waals surface area (Å²) in [6, 6.07) is 11.6. The normalized spacial score (nSPS) is 14.8. The van der Waals surface area contributed by atoms with E-state index in [9.17, 15) is 4.79 Å². The van der Waals surface area contributed by atoms with E-state index < -0.39 is 0 Å². The highest BCUT2D eigenvalue weighted by molar-refractivity contribution is 7.11. The highest BCUT2D eigenvalue weighted by Gasteiger charge is 2.12. The number of benzene rings is 1. The van der Waals surface area contributed by atoms with Crippen molar-refractivity contribution in [3.63, 3.8) is 0 Å². The molecule has 1 amide bonds. The van der Waals surface area contributed by atoms with E-state index >= 15 is 0 Å². The zero-order valence-electron chi connectivity index (χ0n) is 11.7. The minimum atomic E-state index is -0.184. The van der Waals surface area contributed by atoms with Gasteiger partial charge in [0.05, 0.1) is 6.21 Å². The molecule has 3 rings (SSSR count). The van der Waals surface area contributed by atoms with Crippen LogP contribution in [0.1, 0.15) is 28.1 Å². The Bertz CT molecular complexity index is 613. The van der Waals surface area contributed by atoms with E-state index in [1.807, 2.05) is 41.8 Å². The van der Waals surface area contributed by atoms with Crippen molar-refractivity contribution >= 4 is 29.1 Å². The van der Waals surface area contributed by atoms with Crippen molar-refractivity contribution < 1.29 is 4.79 Å². The van der Waals surface area contributed by atoms with Crippen molar-refractivity contribution in [3.8, 4) is 0 Å². The Morgan fingerprint density at radius 1 is 1.19 bits per heavy atom. The SMILES string of the molecule is O=C(N/N=C\c1cccs1)c1ccc(N2CCCC2)cc1. The van der Waals surface area contributed by atoms with E-state index in [-0.39, 0.29) is 5.91 Å². The lowest BCUT2D eigenvalue weighted by Gasteiger charge is -2.17. The van der Waals surface area contributed by atoms with Gasteiger partial charge in [0.1, 0.15) is 0 Å². The number of amides is 1. The third-order valence-electron chi connectivity index (χ3n) is 3.50. The lowest BCUT2D eigenvalue weighted by molar-refractivity contribution is 0.0955. The van der Waals surface area contributed by atoms with Crippen molar-refractivity contribution in [3.05, 3.63) is 52.2 Å². The zero-order chi connectivity index (χ0) is 14.5. The summed E-state index contributed by atoms with van der Waals surface area (Å²) in [4.78, 5) is 15.3. The van der Waals surface area contributed by atoms with Crippen molar-refractivity contribution in [1.29, 1.82) is 0 Å². The number of hydrogen-bond acceptors (Lipinski definition) is 4. The Kier molecular flexibility index (Phi) is 4.31. The number of hydrogen-bond donors (Lipinski definition) is 1. The second-order valence-corrected chi connectivity index (χ2v) is 5.93. The summed E-state index contributed by atoms with van der Waals surface area (Å²) in [6.07, 6.45) is 4.15. The number of rotatable bonds is 4. The third kappa shape index (κ3) is 3.49. The summed E-state index contributed by atoms with van der Waals surface area (Å²) in [5.41, 5.74) is 4.36. The molecule has 1 N–H and O–H groups in total. The van der Waals surface area contributed by atoms with Gasteiger partial charge in [0.25, 0.3) is 5.91 Å². The molecule has 1 aromatic carbocycles. The maximum atomic E-state index is 12.0. The fraction of sp³-hybridized carbons (Fsp3) is 0.250. The highest BCUT2D eigenvalue weighted by Crippen LogP contribution is 2.20. The smallest absolute Gasteiger partial charge is 0.271 e. The van der Waals surface area contributed by atoms with Gasteiger partial charge in [-0.2, -0.15) is 5.10 Å². The quantitative estimate of drug-likeness (QED) is 0.696. The van der Waals surface area contributed by atoms with Crippen LogP contribution in [-0.4, -0.2) is 25.2 Å². The van der Waals surface area contributed by atoms with Gasteiger partial charge < -0.3 is 4.90 Å². The maximum Gasteiger partial charge on any atom is 0.271 e. The molecule has 2 heterocycles. The van der Waals surface area contributed by atoms with Gasteiger partial charge >= 0.3 is 0 Å². The number of thiophene rings is 1. The van der Waals surface area contributed by atoms with Crippen LogP contribution >= 0.6 is 11.3 Å². The van der Waals surface area contributed by atoms with Gasteiger partial charge in [-0.25, -0.2) is 5.43 Å². The average molecular weight is 299 g/mol. The van der Waals surface area contributed by atoms with E-state index in [2.05, 4.69) is 15.4 Å². The topological polar surface area (TPSA) is 44.7 Å². The third-order valence-corrected chi connectivity index (χ3v) is 4.31. The predicted octanol–water partition coefficient (Wildman–Crippen LogP) is 3.11. The minimum Gasteiger partial charge on any atom is -0.372 e. The molecular weight excluding hydrogens is 282 g/mol. The second kappa shape index (κ2) is 6.54. The van der Waals surface area contributed by atoms with Gasteiger partial charge in [0.2, 0.25) is 0 Å². The molecule has 21 heavy (non-hydrogen) atoms. The summed E-state index contributed by atoms with van der Waals surface area (Å²) in [5.74, 6) is -0.184. The fourth-order valence-corrected chi connectivity index (χ4v) is 2.97. The van der Waals surface area contributed by atoms with E-state index in [4.69, 9.17) is 0 Å². The largest absolute Gasteiger partial charge is 0.372 e. The molecular formula is C16H17N3OS. The molecule has 2 aromatic rings. The number of carbonyl (C=O) groups excluding carboxylic acids is 1. The van der Waals surface area contributed by atoms with Crippen molar-refractivity contribution in [1.82, 2.24) is 5.43 Å². The first kappa shape index (κ1) is 13.8. The van der Waals surface area contributed by atoms with Gasteiger partial charge in [0.15, 0.2) is 0 Å². The number of hydrazone groups is 1. The molecule has 5 heteroatoms. The zero-order valence-corrected chi connectivity index (χ0v) is 12.5. The molecule has 1 aliphatic heterocycles. The van der Waals surface area contributed by atoms with Crippen LogP contribution in [0.4, 0.5) is 5.69 Å². The number of nitrogens with zero attached hydrogens (tertiary/aromatic N) is 2. The Morgan fingerprint density at radius 3 is 2.62 bits per heavy atom. The van der Waals surface area contributed by atoms with Crippen LogP contribution in [0, 0.1) is 0 Å². The van der Waals surface area contributed by atoms with Gasteiger partial charge in [0, 0.05) is 29.2 Å². The van der Waals surface area contributed by atoms with Crippen LogP contribution in [0.25, 0.3) is 0 Å². The number of nitrogens with one attached hydrogen (secondary N) is 1. The summed E-state index contributed by atoms with van der Waals surface area (Å²) in [5, 5.41) is 5.94. The lowest BCUT2D eigenvalue weighted by atomic mass is 10.2. The van der Waals surface area contributed by atoms with Crippen LogP contribution in [0.5, 0.6) is 0 Å². The predicted molar refractivity (Wildman–Crippen MR) is 87.3 cm³/mol. The fourth-order valence-electron chi connectivity index (χ4n) is 2.38. The molecule has 0 atom stereocenters. The Balaban J connectivity index is 1.59. The summed E-state index contributed by atoms with van der Waals surface area (Å²) in [6.45, 7) is 2.22. The molecule has 1 fully saturated rings. The Labute approximate surface area is 128 Å². The minimum absolute atomic E-state index is 0.184. The second-order valence-electron chi connectivity index (χ2n) is 4.96. The van der Waals surface area contributed by atoms with E-state index in [0.29, 0.717) is 5.56 Å². The molecule has 4 nitrogen and oxygen atoms in total. The molecule has 0 bridgehead atoms. The summed E-state index contributed by atoms with van der Waals surface area (Å²) >= 11 is 1.58. The van der Waals surface area contributed by atoms with E-state index in [1.165, 1.54) is 18.5 Å². The Morgan fingerprint density at radius 2 is 1.95 bits per heavy atom. The van der Waals surface area contributed by atoms with Gasteiger partial charge in [-0.05, 0) is 48.6 Å². The van der Waals surface area contributed by atoms with E-state index in [0.717, 1.165) is 18.0 Å². The molecule has 1 aliphatic rings. The molecule has 0 spiro atoms. The first-order valence-corrected chi connectivity index (χ1v) is 7.93. The first-order chi connectivity index (χ1) is 10.3. The van der Waals surface area contributed by atoms with Gasteiger partial charge in [-0.15, -0.1) is 11.3 Å². The van der Waals surface area contributed by atoms with Crippen LogP contribution in [0.2, 0.25) is 0 Å². The first-order valence-electron chi connectivity index (χ1n) is 7.05. The van der Waals surface area contributed by atoms with Gasteiger partial charge in [-0.3, -0.25) is 4.79 Å². The Hall–Kier alpha value is -2.14. The molecule has 108 valence electrons. The molecule has 1 aromatic heterocycles. The van der Waals surface area contributed by atoms with Crippen LogP contribution in [0.15, 0.2) is 46.9 Å². The molecule has 0 saturated carbocycles. The molecule has 0 aliphatic carbocycles. The molecule has 0 unspecified atom stereocenters. The van der Waals surface area contributed by atoms with Gasteiger partial charge in [-0.1, -0.05) is 6.07 Å². The number of anilines is 1.